The van der Waals surface area contributed by atoms with Gasteiger partial charge in [0, 0.05) is 18.8 Å². The molecule has 0 radical (unpaired) electrons. The predicted molar refractivity (Wildman–Crippen MR) is 76.8 cm³/mol. The lowest BCUT2D eigenvalue weighted by Crippen LogP contribution is -2.42. The van der Waals surface area contributed by atoms with Gasteiger partial charge in [-0.15, -0.1) is 0 Å². The summed E-state index contributed by atoms with van der Waals surface area (Å²) in [5.41, 5.74) is 1.10. The van der Waals surface area contributed by atoms with Gasteiger partial charge in [0.25, 0.3) is 0 Å². The van der Waals surface area contributed by atoms with Crippen LogP contribution in [0, 0.1) is 5.92 Å². The third-order valence-corrected chi connectivity index (χ3v) is 5.07. The first-order chi connectivity index (χ1) is 9.92. The van der Waals surface area contributed by atoms with Crippen molar-refractivity contribution in [3.05, 3.63) is 29.8 Å². The number of carboxylic acid groups (broad SMARTS) is 1. The molecule has 1 heterocycles. The quantitative estimate of drug-likeness (QED) is 0.739. The minimum absolute atomic E-state index is 0.101. The first-order valence-electron chi connectivity index (χ1n) is 6.63. The van der Waals surface area contributed by atoms with Crippen molar-refractivity contribution >= 4 is 21.9 Å². The lowest BCUT2D eigenvalue weighted by atomic mass is 9.99. The van der Waals surface area contributed by atoms with E-state index in [1.54, 1.807) is 24.3 Å². The number of rotatable bonds is 5. The smallest absolute Gasteiger partial charge is 0.306 e. The van der Waals surface area contributed by atoms with E-state index in [0.29, 0.717) is 24.1 Å². The van der Waals surface area contributed by atoms with Crippen molar-refractivity contribution in [2.45, 2.75) is 19.4 Å². The lowest BCUT2D eigenvalue weighted by molar-refractivity contribution is -0.142. The van der Waals surface area contributed by atoms with Crippen LogP contribution in [0.25, 0.3) is 0 Å². The number of piperidine rings is 1. The van der Waals surface area contributed by atoms with Crippen LogP contribution >= 0.6 is 0 Å². The predicted octanol–water partition coefficient (Wildman–Crippen LogP) is 0.632. The summed E-state index contributed by atoms with van der Waals surface area (Å²) in [6.45, 7) is 0.289. The number of hydrogen-bond donors (Lipinski definition) is 3. The zero-order valence-electron chi connectivity index (χ0n) is 11.4. The van der Waals surface area contributed by atoms with E-state index >= 15 is 0 Å². The van der Waals surface area contributed by atoms with Gasteiger partial charge in [0.05, 0.1) is 12.5 Å². The second-order valence-electron chi connectivity index (χ2n) is 4.97. The van der Waals surface area contributed by atoms with Crippen LogP contribution in [0.1, 0.15) is 18.4 Å². The third-order valence-electron chi connectivity index (χ3n) is 3.53. The average Bonchev–Trinajstić information content (AvgIpc) is 2.48. The maximum absolute atomic E-state index is 12.2. The molecule has 0 spiro atoms. The molecule has 0 atom stereocenters. The van der Waals surface area contributed by atoms with E-state index in [9.17, 15) is 13.2 Å². The molecule has 1 aromatic carbocycles. The van der Waals surface area contributed by atoms with E-state index in [1.807, 2.05) is 0 Å². The average molecular weight is 314 g/mol. The Labute approximate surface area is 123 Å². The summed E-state index contributed by atoms with van der Waals surface area (Å²) in [4.78, 5) is 10.9. The molecule has 0 amide bonds. The summed E-state index contributed by atoms with van der Waals surface area (Å²) in [6.07, 6.45) is 0.638. The Hall–Kier alpha value is -1.64. The second-order valence-corrected chi connectivity index (χ2v) is 6.64. The Kier molecular flexibility index (Phi) is 4.81. The molecule has 116 valence electrons. The maximum Gasteiger partial charge on any atom is 0.306 e. The van der Waals surface area contributed by atoms with Crippen LogP contribution < -0.4 is 4.72 Å². The molecular weight excluding hydrogens is 296 g/mol. The highest BCUT2D eigenvalue weighted by Crippen LogP contribution is 2.21. The van der Waals surface area contributed by atoms with E-state index < -0.39 is 22.1 Å². The number of carbonyl (C=O) groups is 1. The second kappa shape index (κ2) is 6.42. The summed E-state index contributed by atoms with van der Waals surface area (Å²) in [5.74, 6) is -1.35. The molecule has 0 saturated carbocycles. The fraction of sp³-hybridized carbons (Fsp3) is 0.462. The number of aliphatic hydroxyl groups is 1. The van der Waals surface area contributed by atoms with Crippen LogP contribution in [0.2, 0.25) is 0 Å². The van der Waals surface area contributed by atoms with Gasteiger partial charge in [0.1, 0.15) is 0 Å². The summed E-state index contributed by atoms with van der Waals surface area (Å²) in [6, 6.07) is 6.42. The monoisotopic (exact) mass is 314 g/mol. The van der Waals surface area contributed by atoms with Crippen LogP contribution in [0.15, 0.2) is 24.3 Å². The standard InChI is InChI=1S/C13H18N2O5S/c16-9-10-1-3-12(4-2-10)14-21(19,20)15-7-5-11(6-8-15)13(17)18/h1-4,11,14,16H,5-9H2,(H,17,18). The molecule has 1 aromatic rings. The van der Waals surface area contributed by atoms with Gasteiger partial charge in [-0.2, -0.15) is 12.7 Å². The molecule has 0 aliphatic carbocycles. The van der Waals surface area contributed by atoms with Gasteiger partial charge in [-0.05, 0) is 30.5 Å². The molecule has 21 heavy (non-hydrogen) atoms. The number of carboxylic acids is 1. The molecule has 1 saturated heterocycles. The molecule has 1 aliphatic rings. The molecular formula is C13H18N2O5S. The Morgan fingerprint density at radius 3 is 2.29 bits per heavy atom. The normalized spacial score (nSPS) is 17.6. The van der Waals surface area contributed by atoms with E-state index in [4.69, 9.17) is 10.2 Å². The van der Waals surface area contributed by atoms with Crippen molar-refractivity contribution < 1.29 is 23.4 Å². The minimum atomic E-state index is -3.68. The van der Waals surface area contributed by atoms with Gasteiger partial charge < -0.3 is 10.2 Å². The number of hydrogen-bond acceptors (Lipinski definition) is 4. The number of nitrogens with zero attached hydrogens (tertiary/aromatic N) is 1. The molecule has 8 heteroatoms. The molecule has 0 aromatic heterocycles. The van der Waals surface area contributed by atoms with Gasteiger partial charge in [0.15, 0.2) is 0 Å². The maximum atomic E-state index is 12.2. The molecule has 0 unspecified atom stereocenters. The van der Waals surface area contributed by atoms with E-state index in [2.05, 4.69) is 4.72 Å². The lowest BCUT2D eigenvalue weighted by Gasteiger charge is -2.29. The van der Waals surface area contributed by atoms with Crippen LogP contribution in [-0.4, -0.2) is 42.0 Å². The molecule has 0 bridgehead atoms. The summed E-state index contributed by atoms with van der Waals surface area (Å²) < 4.78 is 28.1. The van der Waals surface area contributed by atoms with Crippen molar-refractivity contribution in [1.29, 1.82) is 0 Å². The number of benzene rings is 1. The van der Waals surface area contributed by atoms with Gasteiger partial charge >= 0.3 is 16.2 Å². The van der Waals surface area contributed by atoms with Gasteiger partial charge in [-0.1, -0.05) is 12.1 Å². The number of nitrogens with one attached hydrogen (secondary N) is 1. The highest BCUT2D eigenvalue weighted by molar-refractivity contribution is 7.90. The zero-order valence-corrected chi connectivity index (χ0v) is 12.2. The fourth-order valence-corrected chi connectivity index (χ4v) is 3.49. The van der Waals surface area contributed by atoms with Crippen molar-refractivity contribution in [1.82, 2.24) is 4.31 Å². The zero-order chi connectivity index (χ0) is 15.5. The minimum Gasteiger partial charge on any atom is -0.481 e. The van der Waals surface area contributed by atoms with Crippen molar-refractivity contribution in [2.24, 2.45) is 5.92 Å². The van der Waals surface area contributed by atoms with E-state index in [1.165, 1.54) is 4.31 Å². The third kappa shape index (κ3) is 3.93. The van der Waals surface area contributed by atoms with Crippen molar-refractivity contribution in [3.8, 4) is 0 Å². The summed E-state index contributed by atoms with van der Waals surface area (Å²) in [5, 5.41) is 17.8. The SMILES string of the molecule is O=C(O)C1CCN(S(=O)(=O)Nc2ccc(CO)cc2)CC1. The van der Waals surface area contributed by atoms with Crippen molar-refractivity contribution in [3.63, 3.8) is 0 Å². The molecule has 3 N–H and O–H groups in total. The van der Waals surface area contributed by atoms with Gasteiger partial charge in [-0.25, -0.2) is 0 Å². The Morgan fingerprint density at radius 1 is 1.24 bits per heavy atom. The van der Waals surface area contributed by atoms with Crippen LogP contribution in [0.4, 0.5) is 5.69 Å². The molecule has 1 fully saturated rings. The molecule has 7 nitrogen and oxygen atoms in total. The number of aliphatic hydroxyl groups excluding tert-OH is 1. The summed E-state index contributed by atoms with van der Waals surface area (Å²) in [7, 11) is -3.68. The summed E-state index contributed by atoms with van der Waals surface area (Å²) >= 11 is 0. The highest BCUT2D eigenvalue weighted by atomic mass is 32.2. The van der Waals surface area contributed by atoms with Gasteiger partial charge in [-0.3, -0.25) is 9.52 Å². The first-order valence-corrected chi connectivity index (χ1v) is 8.07. The largest absolute Gasteiger partial charge is 0.481 e. The highest BCUT2D eigenvalue weighted by Gasteiger charge is 2.30. The van der Waals surface area contributed by atoms with Crippen LogP contribution in [-0.2, 0) is 21.6 Å². The van der Waals surface area contributed by atoms with Crippen LogP contribution in [0.3, 0.4) is 0 Å². The van der Waals surface area contributed by atoms with E-state index in [0.717, 1.165) is 0 Å². The molecule has 1 aliphatic heterocycles. The first kappa shape index (κ1) is 15.7. The Morgan fingerprint density at radius 2 is 1.81 bits per heavy atom. The Balaban J connectivity index is 2.00. The topological polar surface area (TPSA) is 107 Å². The van der Waals surface area contributed by atoms with Crippen LogP contribution in [0.5, 0.6) is 0 Å². The van der Waals surface area contributed by atoms with Gasteiger partial charge in [0.2, 0.25) is 0 Å². The fourth-order valence-electron chi connectivity index (χ4n) is 2.23. The molecule has 2 rings (SSSR count). The number of anilines is 1. The van der Waals surface area contributed by atoms with E-state index in [-0.39, 0.29) is 19.7 Å². The van der Waals surface area contributed by atoms with Crippen molar-refractivity contribution in [2.75, 3.05) is 17.8 Å². The number of aliphatic carboxylic acids is 1. The Bertz CT molecular complexity index is 591.